The van der Waals surface area contributed by atoms with E-state index in [1.54, 1.807) is 48.0 Å². The second kappa shape index (κ2) is 9.71. The first kappa shape index (κ1) is 24.4. The minimum Gasteiger partial charge on any atom is -0.481 e. The van der Waals surface area contributed by atoms with Crippen molar-refractivity contribution in [3.63, 3.8) is 0 Å². The first-order chi connectivity index (χ1) is 15.2. The minimum atomic E-state index is -0.941. The van der Waals surface area contributed by atoms with E-state index in [0.717, 1.165) is 5.52 Å². The fraction of sp³-hybridized carbons (Fsp3) is 0.304. The molecule has 0 unspecified atom stereocenters. The van der Waals surface area contributed by atoms with Crippen LogP contribution < -0.4 is 5.32 Å². The molecule has 2 heterocycles. The molecule has 1 aliphatic rings. The third-order valence-corrected chi connectivity index (χ3v) is 6.43. The van der Waals surface area contributed by atoms with Crippen molar-refractivity contribution in [1.29, 1.82) is 0 Å². The molecule has 0 radical (unpaired) electrons. The molecule has 1 aromatic heterocycles. The molecular weight excluding hydrogens is 475 g/mol. The molecule has 2 N–H and O–H groups in total. The van der Waals surface area contributed by atoms with Crippen LogP contribution in [0.2, 0.25) is 15.1 Å². The number of fused-ring (bicyclic) bond motifs is 1. The molecular formula is C23H23Cl3N2O4. The number of aryl methyl sites for hydroxylation is 1. The van der Waals surface area contributed by atoms with Crippen LogP contribution in [0.1, 0.15) is 35.5 Å². The van der Waals surface area contributed by atoms with Crippen molar-refractivity contribution in [2.75, 3.05) is 13.2 Å². The Hall–Kier alpha value is -2.25. The van der Waals surface area contributed by atoms with E-state index >= 15 is 0 Å². The van der Waals surface area contributed by atoms with E-state index in [0.29, 0.717) is 37.3 Å². The van der Waals surface area contributed by atoms with Gasteiger partial charge in [0.25, 0.3) is 5.91 Å². The number of aliphatic carboxylic acids is 1. The van der Waals surface area contributed by atoms with Gasteiger partial charge in [0.1, 0.15) is 11.2 Å². The van der Waals surface area contributed by atoms with Crippen LogP contribution in [0.5, 0.6) is 0 Å². The Kier molecular flexibility index (Phi) is 7.40. The number of aromatic nitrogens is 1. The topological polar surface area (TPSA) is 80.6 Å². The number of nitrogens with one attached hydrogen (secondary N) is 1. The zero-order valence-electron chi connectivity index (χ0n) is 17.8. The molecule has 0 spiro atoms. The maximum atomic E-state index is 13.2. The number of carboxylic acid groups (broad SMARTS) is 1. The predicted molar refractivity (Wildman–Crippen MR) is 127 cm³/mol. The van der Waals surface area contributed by atoms with Crippen LogP contribution in [-0.4, -0.2) is 34.8 Å². The van der Waals surface area contributed by atoms with Crippen LogP contribution in [0.15, 0.2) is 36.4 Å². The monoisotopic (exact) mass is 496 g/mol. The summed E-state index contributed by atoms with van der Waals surface area (Å²) in [6.45, 7) is 4.51. The SMILES string of the molecule is CC.Cn1c(C(=O)NC2(c3ccc(CC(=O)O)cc3Cl)COC2)cc2c(Cl)c(Cl)ccc21. The molecule has 32 heavy (non-hydrogen) atoms. The summed E-state index contributed by atoms with van der Waals surface area (Å²) in [5, 5.41) is 13.9. The molecule has 1 fully saturated rings. The highest BCUT2D eigenvalue weighted by molar-refractivity contribution is 6.45. The van der Waals surface area contributed by atoms with Gasteiger partial charge in [-0.3, -0.25) is 9.59 Å². The summed E-state index contributed by atoms with van der Waals surface area (Å²) >= 11 is 18.8. The number of carboxylic acids is 1. The predicted octanol–water partition coefficient (Wildman–Crippen LogP) is 5.45. The second-order valence-electron chi connectivity index (χ2n) is 7.30. The van der Waals surface area contributed by atoms with E-state index < -0.39 is 11.5 Å². The van der Waals surface area contributed by atoms with Gasteiger partial charge < -0.3 is 19.7 Å². The second-order valence-corrected chi connectivity index (χ2v) is 8.49. The van der Waals surface area contributed by atoms with E-state index in [1.807, 2.05) is 13.8 Å². The highest BCUT2D eigenvalue weighted by Crippen LogP contribution is 2.36. The van der Waals surface area contributed by atoms with Gasteiger partial charge in [0.2, 0.25) is 0 Å². The smallest absolute Gasteiger partial charge is 0.307 e. The van der Waals surface area contributed by atoms with Crippen molar-refractivity contribution >= 4 is 57.6 Å². The first-order valence-electron chi connectivity index (χ1n) is 10.1. The van der Waals surface area contributed by atoms with E-state index in [-0.39, 0.29) is 25.5 Å². The highest BCUT2D eigenvalue weighted by atomic mass is 35.5. The minimum absolute atomic E-state index is 0.130. The largest absolute Gasteiger partial charge is 0.481 e. The highest BCUT2D eigenvalue weighted by Gasteiger charge is 2.43. The Balaban J connectivity index is 0.00000141. The molecule has 6 nitrogen and oxygen atoms in total. The molecule has 0 bridgehead atoms. The summed E-state index contributed by atoms with van der Waals surface area (Å²) in [6, 6.07) is 10.2. The van der Waals surface area contributed by atoms with Gasteiger partial charge in [-0.15, -0.1) is 0 Å². The fourth-order valence-electron chi connectivity index (χ4n) is 3.68. The maximum Gasteiger partial charge on any atom is 0.307 e. The van der Waals surface area contributed by atoms with Crippen LogP contribution in [0.3, 0.4) is 0 Å². The van der Waals surface area contributed by atoms with Gasteiger partial charge in [0.05, 0.1) is 29.7 Å². The van der Waals surface area contributed by atoms with Crippen LogP contribution in [0.25, 0.3) is 10.9 Å². The van der Waals surface area contributed by atoms with Crippen LogP contribution >= 0.6 is 34.8 Å². The molecule has 2 aromatic carbocycles. The van der Waals surface area contributed by atoms with Crippen molar-refractivity contribution in [2.45, 2.75) is 25.8 Å². The first-order valence-corrected chi connectivity index (χ1v) is 11.2. The molecule has 0 saturated carbocycles. The van der Waals surface area contributed by atoms with Gasteiger partial charge in [0, 0.05) is 28.5 Å². The average Bonchev–Trinajstić information content (AvgIpc) is 3.06. The number of hydrogen-bond acceptors (Lipinski definition) is 3. The molecule has 9 heteroatoms. The molecule has 1 amide bonds. The number of hydrogen-bond donors (Lipinski definition) is 2. The molecule has 0 aliphatic carbocycles. The van der Waals surface area contributed by atoms with Gasteiger partial charge in [-0.1, -0.05) is 60.8 Å². The Morgan fingerprint density at radius 1 is 1.09 bits per heavy atom. The standard InChI is InChI=1S/C21H17Cl3N2O4.C2H6/c1-26-16-5-4-14(22)19(24)12(16)8-17(26)20(29)25-21(9-30-10-21)13-3-2-11(6-15(13)23)7-18(27)28;1-2/h2-6,8H,7,9-10H2,1H3,(H,25,29)(H,27,28);1-2H3. The molecule has 3 aromatic rings. The number of amides is 1. The van der Waals surface area contributed by atoms with Gasteiger partial charge in [-0.25, -0.2) is 0 Å². The Bertz CT molecular complexity index is 1190. The van der Waals surface area contributed by atoms with Gasteiger partial charge in [0.15, 0.2) is 0 Å². The van der Waals surface area contributed by atoms with Gasteiger partial charge in [-0.2, -0.15) is 0 Å². The molecule has 0 atom stereocenters. The summed E-state index contributed by atoms with van der Waals surface area (Å²) in [4.78, 5) is 24.1. The summed E-state index contributed by atoms with van der Waals surface area (Å²) in [5.41, 5.74) is 1.66. The Morgan fingerprint density at radius 3 is 2.34 bits per heavy atom. The van der Waals surface area contributed by atoms with Gasteiger partial charge in [-0.05, 0) is 29.8 Å². The summed E-state index contributed by atoms with van der Waals surface area (Å²) in [6.07, 6.45) is -0.130. The van der Waals surface area contributed by atoms with Crippen molar-refractivity contribution in [3.8, 4) is 0 Å². The lowest BCUT2D eigenvalue weighted by Gasteiger charge is -2.43. The fourth-order valence-corrected chi connectivity index (χ4v) is 4.44. The van der Waals surface area contributed by atoms with Crippen molar-refractivity contribution < 1.29 is 19.4 Å². The number of nitrogens with zero attached hydrogens (tertiary/aromatic N) is 1. The Labute approximate surface area is 201 Å². The lowest BCUT2D eigenvalue weighted by atomic mass is 9.86. The van der Waals surface area contributed by atoms with Crippen LogP contribution in [0.4, 0.5) is 0 Å². The summed E-state index contributed by atoms with van der Waals surface area (Å²) in [7, 11) is 1.78. The summed E-state index contributed by atoms with van der Waals surface area (Å²) in [5.74, 6) is -1.25. The number of benzene rings is 2. The van der Waals surface area contributed by atoms with Crippen molar-refractivity contribution in [1.82, 2.24) is 9.88 Å². The Morgan fingerprint density at radius 2 is 1.78 bits per heavy atom. The normalized spacial score (nSPS) is 14.3. The third-order valence-electron chi connectivity index (χ3n) is 5.30. The molecule has 1 saturated heterocycles. The molecule has 1 aliphatic heterocycles. The third kappa shape index (κ3) is 4.46. The number of carbonyl (C=O) groups is 2. The molecule has 170 valence electrons. The summed E-state index contributed by atoms with van der Waals surface area (Å²) < 4.78 is 7.14. The maximum absolute atomic E-state index is 13.2. The quantitative estimate of drug-likeness (QED) is 0.491. The van der Waals surface area contributed by atoms with Crippen LogP contribution in [0, 0.1) is 0 Å². The lowest BCUT2D eigenvalue weighted by molar-refractivity contribution is -0.136. The lowest BCUT2D eigenvalue weighted by Crippen LogP contribution is -2.59. The zero-order valence-corrected chi connectivity index (χ0v) is 20.1. The number of ether oxygens (including phenoxy) is 1. The zero-order chi connectivity index (χ0) is 23.6. The van der Waals surface area contributed by atoms with Crippen LogP contribution in [-0.2, 0) is 28.5 Å². The van der Waals surface area contributed by atoms with Gasteiger partial charge >= 0.3 is 5.97 Å². The van der Waals surface area contributed by atoms with Crippen molar-refractivity contribution in [3.05, 3.63) is 68.3 Å². The number of rotatable bonds is 5. The van der Waals surface area contributed by atoms with E-state index in [9.17, 15) is 9.59 Å². The van der Waals surface area contributed by atoms with E-state index in [4.69, 9.17) is 44.6 Å². The number of carbonyl (C=O) groups excluding carboxylic acids is 1. The average molecular weight is 498 g/mol. The van der Waals surface area contributed by atoms with E-state index in [2.05, 4.69) is 5.32 Å². The van der Waals surface area contributed by atoms with Crippen molar-refractivity contribution in [2.24, 2.45) is 7.05 Å². The molecule has 4 rings (SSSR count). The number of halogens is 3. The van der Waals surface area contributed by atoms with E-state index in [1.165, 1.54) is 0 Å².